The summed E-state index contributed by atoms with van der Waals surface area (Å²) in [6, 6.07) is 3.83. The van der Waals surface area contributed by atoms with E-state index >= 15 is 0 Å². The zero-order valence-electron chi connectivity index (χ0n) is 12.8. The van der Waals surface area contributed by atoms with Crippen LogP contribution in [0.2, 0.25) is 0 Å². The van der Waals surface area contributed by atoms with Gasteiger partial charge in [-0.15, -0.1) is 0 Å². The molecule has 2 rings (SSSR count). The highest BCUT2D eigenvalue weighted by Gasteiger charge is 2.29. The molecule has 0 aromatic heterocycles. The molecule has 0 bridgehead atoms. The van der Waals surface area contributed by atoms with Crippen molar-refractivity contribution in [3.8, 4) is 5.75 Å². The molecule has 1 aliphatic rings. The Kier molecular flexibility index (Phi) is 6.49. The van der Waals surface area contributed by atoms with Gasteiger partial charge in [-0.2, -0.15) is 0 Å². The van der Waals surface area contributed by atoms with E-state index < -0.39 is 17.0 Å². The number of benzene rings is 1. The molecule has 1 aromatic carbocycles. The Morgan fingerprint density at radius 2 is 2.14 bits per heavy atom. The third-order valence-electron chi connectivity index (χ3n) is 2.88. The molecule has 1 heterocycles. The number of nitro groups is 1. The molecule has 22 heavy (non-hydrogen) atoms. The van der Waals surface area contributed by atoms with Crippen LogP contribution in [-0.4, -0.2) is 29.4 Å². The number of non-ortho nitro benzene ring substituents is 1. The Hall–Kier alpha value is -2.44. The number of ether oxygens (including phenoxy) is 2. The monoisotopic (exact) mass is 309 g/mol. The topological polar surface area (TPSA) is 95.7 Å². The van der Waals surface area contributed by atoms with Crippen molar-refractivity contribution >= 4 is 17.4 Å². The number of carbonyl (C=O) groups excluding carboxylic acids is 2. The van der Waals surface area contributed by atoms with E-state index in [1.54, 1.807) is 6.92 Å². The van der Waals surface area contributed by atoms with Crippen molar-refractivity contribution in [1.82, 2.24) is 0 Å². The molecule has 120 valence electrons. The molecule has 1 aromatic rings. The summed E-state index contributed by atoms with van der Waals surface area (Å²) in [7, 11) is 0. The van der Waals surface area contributed by atoms with Crippen LogP contribution >= 0.6 is 0 Å². The predicted octanol–water partition coefficient (Wildman–Crippen LogP) is 2.91. The molecular weight excluding hydrogens is 290 g/mol. The summed E-state index contributed by atoms with van der Waals surface area (Å²) in [6.45, 7) is 5.96. The highest BCUT2D eigenvalue weighted by molar-refractivity contribution is 6.00. The van der Waals surface area contributed by atoms with Crippen LogP contribution in [0.4, 0.5) is 5.69 Å². The second-order valence-electron chi connectivity index (χ2n) is 4.31. The normalized spacial score (nSPS) is 15.8. The molecule has 0 saturated heterocycles. The van der Waals surface area contributed by atoms with Gasteiger partial charge in [0, 0.05) is 18.6 Å². The SMILES string of the molecule is CC.CCOC(=O)C[C@@H]1CC(=O)c2cc([N+](=O)[O-])ccc2O1. The largest absolute Gasteiger partial charge is 0.489 e. The summed E-state index contributed by atoms with van der Waals surface area (Å²) in [6.07, 6.45) is -0.598. The lowest BCUT2D eigenvalue weighted by atomic mass is 9.98. The summed E-state index contributed by atoms with van der Waals surface area (Å²) < 4.78 is 10.3. The fourth-order valence-corrected chi connectivity index (χ4v) is 2.01. The molecule has 0 amide bonds. The zero-order chi connectivity index (χ0) is 16.7. The first-order valence-electron chi connectivity index (χ1n) is 7.15. The average molecular weight is 309 g/mol. The van der Waals surface area contributed by atoms with Crippen LogP contribution < -0.4 is 4.74 Å². The van der Waals surface area contributed by atoms with Gasteiger partial charge in [-0.3, -0.25) is 19.7 Å². The maximum atomic E-state index is 12.0. The second kappa shape index (κ2) is 8.11. The second-order valence-corrected chi connectivity index (χ2v) is 4.31. The molecule has 7 nitrogen and oxygen atoms in total. The van der Waals surface area contributed by atoms with Gasteiger partial charge in [0.25, 0.3) is 5.69 Å². The highest BCUT2D eigenvalue weighted by atomic mass is 16.6. The quantitative estimate of drug-likeness (QED) is 0.482. The highest BCUT2D eigenvalue weighted by Crippen LogP contribution is 2.31. The van der Waals surface area contributed by atoms with Crippen LogP contribution in [0.25, 0.3) is 0 Å². The van der Waals surface area contributed by atoms with E-state index in [1.165, 1.54) is 18.2 Å². The molecule has 0 spiro atoms. The van der Waals surface area contributed by atoms with Crippen LogP contribution in [0.1, 0.15) is 44.0 Å². The van der Waals surface area contributed by atoms with E-state index in [0.29, 0.717) is 0 Å². The molecule has 1 atom stereocenters. The maximum Gasteiger partial charge on any atom is 0.309 e. The van der Waals surface area contributed by atoms with Crippen molar-refractivity contribution in [1.29, 1.82) is 0 Å². The molecule has 0 aliphatic carbocycles. The van der Waals surface area contributed by atoms with Crippen molar-refractivity contribution in [2.45, 2.75) is 39.7 Å². The van der Waals surface area contributed by atoms with Gasteiger partial charge in [-0.25, -0.2) is 0 Å². The van der Waals surface area contributed by atoms with E-state index in [2.05, 4.69) is 0 Å². The first kappa shape index (κ1) is 17.6. The van der Waals surface area contributed by atoms with E-state index in [-0.39, 0.29) is 42.2 Å². The minimum Gasteiger partial charge on any atom is -0.489 e. The van der Waals surface area contributed by atoms with E-state index in [4.69, 9.17) is 9.47 Å². The smallest absolute Gasteiger partial charge is 0.309 e. The van der Waals surface area contributed by atoms with E-state index in [0.717, 1.165) is 0 Å². The first-order valence-corrected chi connectivity index (χ1v) is 7.15. The average Bonchev–Trinajstić information content (AvgIpc) is 2.49. The Labute approximate surface area is 128 Å². The third-order valence-corrected chi connectivity index (χ3v) is 2.88. The lowest BCUT2D eigenvalue weighted by Gasteiger charge is -2.24. The number of hydrogen-bond donors (Lipinski definition) is 0. The fraction of sp³-hybridized carbons (Fsp3) is 0.467. The van der Waals surface area contributed by atoms with Crippen molar-refractivity contribution < 1.29 is 24.0 Å². The predicted molar refractivity (Wildman–Crippen MR) is 79.1 cm³/mol. The lowest BCUT2D eigenvalue weighted by Crippen LogP contribution is -2.29. The molecule has 1 aliphatic heterocycles. The number of fused-ring (bicyclic) bond motifs is 1. The first-order chi connectivity index (χ1) is 10.5. The molecule has 0 unspecified atom stereocenters. The van der Waals surface area contributed by atoms with Crippen LogP contribution in [-0.2, 0) is 9.53 Å². The molecule has 7 heteroatoms. The van der Waals surface area contributed by atoms with Crippen molar-refractivity contribution in [3.63, 3.8) is 0 Å². The minimum absolute atomic E-state index is 0.00693. The van der Waals surface area contributed by atoms with Crippen LogP contribution in [0.5, 0.6) is 5.75 Å². The van der Waals surface area contributed by atoms with Gasteiger partial charge in [0.2, 0.25) is 0 Å². The van der Waals surface area contributed by atoms with E-state index in [9.17, 15) is 19.7 Å². The van der Waals surface area contributed by atoms with Gasteiger partial charge in [-0.05, 0) is 13.0 Å². The summed E-state index contributed by atoms with van der Waals surface area (Å²) in [5.41, 5.74) is 0.0175. The van der Waals surface area contributed by atoms with Crippen LogP contribution in [0, 0.1) is 10.1 Å². The summed E-state index contributed by atoms with van der Waals surface area (Å²) in [5, 5.41) is 10.7. The fourth-order valence-electron chi connectivity index (χ4n) is 2.01. The standard InChI is InChI=1S/C13H13NO6.C2H6/c1-2-19-13(16)7-9-6-11(15)10-5-8(14(17)18)3-4-12(10)20-9;1-2/h3-5,9H,2,6-7H2,1H3;1-2H3/t9-;/m0./s1. The number of nitrogens with zero attached hydrogens (tertiary/aromatic N) is 1. The number of ketones is 1. The van der Waals surface area contributed by atoms with Crippen molar-refractivity contribution in [3.05, 3.63) is 33.9 Å². The number of Topliss-reactive ketones (excluding diaryl/α,β-unsaturated/α-hetero) is 1. The van der Waals surface area contributed by atoms with Crippen LogP contribution in [0.3, 0.4) is 0 Å². The maximum absolute atomic E-state index is 12.0. The number of rotatable bonds is 4. The molecule has 0 saturated carbocycles. The Morgan fingerprint density at radius 1 is 1.45 bits per heavy atom. The van der Waals surface area contributed by atoms with Crippen molar-refractivity contribution in [2.24, 2.45) is 0 Å². The molecule has 0 radical (unpaired) electrons. The Morgan fingerprint density at radius 3 is 2.73 bits per heavy atom. The summed E-state index contributed by atoms with van der Waals surface area (Å²) in [4.78, 5) is 33.4. The Bertz CT molecular complexity index is 569. The van der Waals surface area contributed by atoms with Gasteiger partial charge in [-0.1, -0.05) is 13.8 Å². The van der Waals surface area contributed by atoms with Gasteiger partial charge in [0.15, 0.2) is 5.78 Å². The molecular formula is C15H19NO6. The number of nitro benzene ring substituents is 1. The zero-order valence-corrected chi connectivity index (χ0v) is 12.8. The molecule has 0 fully saturated rings. The van der Waals surface area contributed by atoms with Gasteiger partial charge < -0.3 is 9.47 Å². The number of esters is 1. The van der Waals surface area contributed by atoms with Crippen molar-refractivity contribution in [2.75, 3.05) is 6.61 Å². The Balaban J connectivity index is 0.00000116. The van der Waals surface area contributed by atoms with Gasteiger partial charge in [0.05, 0.1) is 23.5 Å². The lowest BCUT2D eigenvalue weighted by molar-refractivity contribution is -0.384. The number of carbonyl (C=O) groups is 2. The summed E-state index contributed by atoms with van der Waals surface area (Å²) >= 11 is 0. The van der Waals surface area contributed by atoms with E-state index in [1.807, 2.05) is 13.8 Å². The minimum atomic E-state index is -0.587. The molecule has 0 N–H and O–H groups in total. The third kappa shape index (κ3) is 4.28. The van der Waals surface area contributed by atoms with Gasteiger partial charge >= 0.3 is 5.97 Å². The number of hydrogen-bond acceptors (Lipinski definition) is 6. The summed E-state index contributed by atoms with van der Waals surface area (Å²) in [5.74, 6) is -0.443. The van der Waals surface area contributed by atoms with Gasteiger partial charge in [0.1, 0.15) is 11.9 Å². The van der Waals surface area contributed by atoms with Crippen LogP contribution in [0.15, 0.2) is 18.2 Å².